The summed E-state index contributed by atoms with van der Waals surface area (Å²) in [6, 6.07) is 10.5. The highest BCUT2D eigenvalue weighted by atomic mass is 35.5. The van der Waals surface area contributed by atoms with Gasteiger partial charge in [-0.05, 0) is 50.6 Å². The molecular weight excluding hydrogens is 383 g/mol. The number of likely N-dealkylation sites (N-methyl/N-ethyl adjacent to an activating group) is 1. The Labute approximate surface area is 169 Å². The van der Waals surface area contributed by atoms with Gasteiger partial charge in [0, 0.05) is 23.7 Å². The first-order valence-electron chi connectivity index (χ1n) is 9.03. The van der Waals surface area contributed by atoms with E-state index < -0.39 is 17.8 Å². The molecule has 0 radical (unpaired) electrons. The van der Waals surface area contributed by atoms with Crippen LogP contribution in [0.4, 0.5) is 4.39 Å². The Bertz CT molecular complexity index is 844. The predicted molar refractivity (Wildman–Crippen MR) is 107 cm³/mol. The van der Waals surface area contributed by atoms with Gasteiger partial charge in [0.15, 0.2) is 6.61 Å². The molecular formula is C21H24ClFN2O3. The normalized spacial score (nSPS) is 11.6. The van der Waals surface area contributed by atoms with Gasteiger partial charge >= 0.3 is 0 Å². The lowest BCUT2D eigenvalue weighted by molar-refractivity contribution is -0.142. The quantitative estimate of drug-likeness (QED) is 0.726. The summed E-state index contributed by atoms with van der Waals surface area (Å²) in [5, 5.41) is 3.29. The van der Waals surface area contributed by atoms with Crippen molar-refractivity contribution in [2.24, 2.45) is 0 Å². The standard InChI is InChI=1S/C21H24ClFN2O3/c1-4-24-21(27)15(3)25(12-16-7-5-6-8-19(16)23)20(26)13-28-17-9-10-18(22)14(2)11-17/h5-11,15H,4,12-13H2,1-3H3,(H,24,27)/t15-/m1/s1. The lowest BCUT2D eigenvalue weighted by Crippen LogP contribution is -2.49. The van der Waals surface area contributed by atoms with E-state index in [2.05, 4.69) is 5.32 Å². The molecule has 2 aromatic rings. The third kappa shape index (κ3) is 5.70. The lowest BCUT2D eigenvalue weighted by Gasteiger charge is -2.28. The van der Waals surface area contributed by atoms with Crippen molar-refractivity contribution in [3.05, 3.63) is 64.4 Å². The smallest absolute Gasteiger partial charge is 0.261 e. The number of carbonyl (C=O) groups excluding carboxylic acids is 2. The fourth-order valence-electron chi connectivity index (χ4n) is 2.65. The number of aryl methyl sites for hydroxylation is 1. The maximum Gasteiger partial charge on any atom is 0.261 e. The fraction of sp³-hybridized carbons (Fsp3) is 0.333. The molecule has 0 saturated carbocycles. The molecule has 7 heteroatoms. The summed E-state index contributed by atoms with van der Waals surface area (Å²) in [4.78, 5) is 26.4. The number of carbonyl (C=O) groups is 2. The van der Waals surface area contributed by atoms with Crippen LogP contribution < -0.4 is 10.1 Å². The molecule has 0 unspecified atom stereocenters. The molecule has 1 N–H and O–H groups in total. The fourth-order valence-corrected chi connectivity index (χ4v) is 2.77. The van der Waals surface area contributed by atoms with E-state index in [1.165, 1.54) is 11.0 Å². The first kappa shape index (κ1) is 21.7. The van der Waals surface area contributed by atoms with Gasteiger partial charge in [0.05, 0.1) is 0 Å². The van der Waals surface area contributed by atoms with Crippen LogP contribution in [0.5, 0.6) is 5.75 Å². The van der Waals surface area contributed by atoms with Crippen LogP contribution in [0.2, 0.25) is 5.02 Å². The summed E-state index contributed by atoms with van der Waals surface area (Å²) in [5.74, 6) is -0.673. The van der Waals surface area contributed by atoms with Gasteiger partial charge in [-0.3, -0.25) is 9.59 Å². The minimum absolute atomic E-state index is 0.0349. The minimum atomic E-state index is -0.775. The van der Waals surface area contributed by atoms with E-state index in [1.54, 1.807) is 50.2 Å². The maximum absolute atomic E-state index is 14.1. The Morgan fingerprint density at radius 2 is 1.96 bits per heavy atom. The molecule has 5 nitrogen and oxygen atoms in total. The zero-order chi connectivity index (χ0) is 20.7. The highest BCUT2D eigenvalue weighted by Crippen LogP contribution is 2.21. The number of amides is 2. The zero-order valence-electron chi connectivity index (χ0n) is 16.2. The lowest BCUT2D eigenvalue weighted by atomic mass is 10.1. The Morgan fingerprint density at radius 1 is 1.25 bits per heavy atom. The predicted octanol–water partition coefficient (Wildman–Crippen LogP) is 3.72. The van der Waals surface area contributed by atoms with Crippen molar-refractivity contribution in [3.8, 4) is 5.75 Å². The third-order valence-corrected chi connectivity index (χ3v) is 4.73. The molecule has 0 aliphatic rings. The molecule has 0 heterocycles. The van der Waals surface area contributed by atoms with Gasteiger partial charge in [0.25, 0.3) is 5.91 Å². The molecule has 0 aromatic heterocycles. The van der Waals surface area contributed by atoms with Crippen LogP contribution in [0.25, 0.3) is 0 Å². The summed E-state index contributed by atoms with van der Waals surface area (Å²) in [6.45, 7) is 5.35. The van der Waals surface area contributed by atoms with Crippen molar-refractivity contribution >= 4 is 23.4 Å². The van der Waals surface area contributed by atoms with Gasteiger partial charge in [-0.15, -0.1) is 0 Å². The van der Waals surface area contributed by atoms with Gasteiger partial charge in [0.1, 0.15) is 17.6 Å². The number of rotatable bonds is 8. The second-order valence-electron chi connectivity index (χ2n) is 6.38. The second kappa shape index (κ2) is 10.1. The Morgan fingerprint density at radius 3 is 2.61 bits per heavy atom. The Balaban J connectivity index is 2.16. The number of hydrogen-bond donors (Lipinski definition) is 1. The molecule has 0 saturated heterocycles. The van der Waals surface area contributed by atoms with Crippen LogP contribution >= 0.6 is 11.6 Å². The van der Waals surface area contributed by atoms with Crippen LogP contribution in [-0.2, 0) is 16.1 Å². The highest BCUT2D eigenvalue weighted by molar-refractivity contribution is 6.31. The van der Waals surface area contributed by atoms with E-state index in [0.717, 1.165) is 5.56 Å². The van der Waals surface area contributed by atoms with E-state index in [9.17, 15) is 14.0 Å². The highest BCUT2D eigenvalue weighted by Gasteiger charge is 2.27. The monoisotopic (exact) mass is 406 g/mol. The third-order valence-electron chi connectivity index (χ3n) is 4.31. The molecule has 150 valence electrons. The minimum Gasteiger partial charge on any atom is -0.484 e. The number of halogens is 2. The summed E-state index contributed by atoms with van der Waals surface area (Å²) < 4.78 is 19.6. The summed E-state index contributed by atoms with van der Waals surface area (Å²) in [7, 11) is 0. The van der Waals surface area contributed by atoms with Gasteiger partial charge in [-0.1, -0.05) is 29.8 Å². The second-order valence-corrected chi connectivity index (χ2v) is 6.79. The average Bonchev–Trinajstić information content (AvgIpc) is 2.67. The van der Waals surface area contributed by atoms with Crippen LogP contribution in [-0.4, -0.2) is 35.9 Å². The molecule has 0 fully saturated rings. The topological polar surface area (TPSA) is 58.6 Å². The average molecular weight is 407 g/mol. The molecule has 2 amide bonds. The first-order chi connectivity index (χ1) is 13.3. The van der Waals surface area contributed by atoms with Crippen LogP contribution in [0.1, 0.15) is 25.0 Å². The SMILES string of the molecule is CCNC(=O)[C@@H](C)N(Cc1ccccc1F)C(=O)COc1ccc(Cl)c(C)c1. The van der Waals surface area contributed by atoms with Gasteiger partial charge in [0.2, 0.25) is 5.91 Å². The molecule has 2 rings (SSSR count). The zero-order valence-corrected chi connectivity index (χ0v) is 16.9. The largest absolute Gasteiger partial charge is 0.484 e. The molecule has 28 heavy (non-hydrogen) atoms. The van der Waals surface area contributed by atoms with Crippen LogP contribution in [0.15, 0.2) is 42.5 Å². The van der Waals surface area contributed by atoms with E-state index in [1.807, 2.05) is 6.92 Å². The Hall–Kier alpha value is -2.60. The van der Waals surface area contributed by atoms with Crippen molar-refractivity contribution < 1.29 is 18.7 Å². The van der Waals surface area contributed by atoms with E-state index in [4.69, 9.17) is 16.3 Å². The molecule has 0 aliphatic heterocycles. The van der Waals surface area contributed by atoms with Crippen molar-refractivity contribution in [1.29, 1.82) is 0 Å². The van der Waals surface area contributed by atoms with Crippen LogP contribution in [0.3, 0.4) is 0 Å². The van der Waals surface area contributed by atoms with Gasteiger partial charge < -0.3 is 15.0 Å². The molecule has 1 atom stereocenters. The number of nitrogens with zero attached hydrogens (tertiary/aromatic N) is 1. The first-order valence-corrected chi connectivity index (χ1v) is 9.40. The van der Waals surface area contributed by atoms with Crippen molar-refractivity contribution in [2.75, 3.05) is 13.2 Å². The Kier molecular flexibility index (Phi) is 7.81. The number of nitrogens with one attached hydrogen (secondary N) is 1. The summed E-state index contributed by atoms with van der Waals surface area (Å²) >= 11 is 5.99. The number of hydrogen-bond acceptors (Lipinski definition) is 3. The molecule has 2 aromatic carbocycles. The van der Waals surface area contributed by atoms with E-state index >= 15 is 0 Å². The van der Waals surface area contributed by atoms with Crippen molar-refractivity contribution in [1.82, 2.24) is 10.2 Å². The number of ether oxygens (including phenoxy) is 1. The molecule has 0 spiro atoms. The molecule has 0 bridgehead atoms. The van der Waals surface area contributed by atoms with E-state index in [-0.39, 0.29) is 19.1 Å². The summed E-state index contributed by atoms with van der Waals surface area (Å²) in [6.07, 6.45) is 0. The van der Waals surface area contributed by atoms with Gasteiger partial charge in [-0.2, -0.15) is 0 Å². The van der Waals surface area contributed by atoms with Crippen LogP contribution in [0, 0.1) is 12.7 Å². The molecule has 0 aliphatic carbocycles. The van der Waals surface area contributed by atoms with E-state index in [0.29, 0.717) is 22.9 Å². The summed E-state index contributed by atoms with van der Waals surface area (Å²) in [5.41, 5.74) is 1.15. The van der Waals surface area contributed by atoms with Crippen molar-refractivity contribution in [2.45, 2.75) is 33.4 Å². The van der Waals surface area contributed by atoms with Gasteiger partial charge in [-0.25, -0.2) is 4.39 Å². The maximum atomic E-state index is 14.1. The van der Waals surface area contributed by atoms with Crippen molar-refractivity contribution in [3.63, 3.8) is 0 Å². The number of benzene rings is 2.